The van der Waals surface area contributed by atoms with E-state index in [1.807, 2.05) is 42.5 Å². The number of thiazole rings is 1. The van der Waals surface area contributed by atoms with Crippen LogP contribution in [0.1, 0.15) is 32.3 Å². The van der Waals surface area contributed by atoms with Crippen LogP contribution in [0.15, 0.2) is 42.5 Å². The standard InChI is InChI=1S/C20H22N2O3S/c1-12(2)14-5-7-15(8-6-14)25-13(3)19(23)22-20-21-17-10-9-16(24-4)11-18(17)26-20/h5-13H,1-4H3,(H,21,22,23). The third-order valence-electron chi connectivity index (χ3n) is 4.05. The highest BCUT2D eigenvalue weighted by molar-refractivity contribution is 7.22. The lowest BCUT2D eigenvalue weighted by atomic mass is 10.0. The van der Waals surface area contributed by atoms with Crippen molar-refractivity contribution in [3.63, 3.8) is 0 Å². The molecular formula is C20H22N2O3S. The van der Waals surface area contributed by atoms with Crippen LogP contribution in [-0.4, -0.2) is 24.1 Å². The van der Waals surface area contributed by atoms with Crippen molar-refractivity contribution < 1.29 is 14.3 Å². The van der Waals surface area contributed by atoms with Crippen LogP contribution in [0.3, 0.4) is 0 Å². The highest BCUT2D eigenvalue weighted by Crippen LogP contribution is 2.29. The van der Waals surface area contributed by atoms with E-state index < -0.39 is 6.10 Å². The normalized spacial score (nSPS) is 12.2. The molecule has 136 valence electrons. The van der Waals surface area contributed by atoms with Crippen LogP contribution in [0.2, 0.25) is 0 Å². The molecule has 0 saturated carbocycles. The van der Waals surface area contributed by atoms with Crippen LogP contribution in [0, 0.1) is 0 Å². The summed E-state index contributed by atoms with van der Waals surface area (Å²) in [5.41, 5.74) is 2.06. The predicted octanol–water partition coefficient (Wildman–Crippen LogP) is 4.83. The Morgan fingerprint density at radius 2 is 1.77 bits per heavy atom. The maximum atomic E-state index is 12.4. The van der Waals surface area contributed by atoms with Crippen LogP contribution in [0.4, 0.5) is 5.13 Å². The van der Waals surface area contributed by atoms with Gasteiger partial charge in [0.2, 0.25) is 0 Å². The van der Waals surface area contributed by atoms with Gasteiger partial charge in [0, 0.05) is 0 Å². The van der Waals surface area contributed by atoms with E-state index in [0.717, 1.165) is 16.0 Å². The van der Waals surface area contributed by atoms with Gasteiger partial charge in [-0.2, -0.15) is 0 Å². The Bertz CT molecular complexity index is 903. The van der Waals surface area contributed by atoms with E-state index in [9.17, 15) is 4.79 Å². The summed E-state index contributed by atoms with van der Waals surface area (Å²) < 4.78 is 11.9. The van der Waals surface area contributed by atoms with Crippen molar-refractivity contribution in [2.45, 2.75) is 32.8 Å². The topological polar surface area (TPSA) is 60.5 Å². The lowest BCUT2D eigenvalue weighted by Crippen LogP contribution is -2.30. The average Bonchev–Trinajstić information content (AvgIpc) is 3.03. The maximum absolute atomic E-state index is 12.4. The molecule has 26 heavy (non-hydrogen) atoms. The second-order valence-corrected chi connectivity index (χ2v) is 7.36. The number of methoxy groups -OCH3 is 1. The zero-order chi connectivity index (χ0) is 18.7. The van der Waals surface area contributed by atoms with Gasteiger partial charge in [-0.25, -0.2) is 4.98 Å². The van der Waals surface area contributed by atoms with Gasteiger partial charge in [0.05, 0.1) is 17.3 Å². The minimum atomic E-state index is -0.624. The van der Waals surface area contributed by atoms with E-state index in [4.69, 9.17) is 9.47 Å². The Kier molecular flexibility index (Phi) is 5.42. The van der Waals surface area contributed by atoms with Crippen LogP contribution >= 0.6 is 11.3 Å². The number of fused-ring (bicyclic) bond motifs is 1. The summed E-state index contributed by atoms with van der Waals surface area (Å²) in [6, 6.07) is 13.4. The van der Waals surface area contributed by atoms with Gasteiger partial charge in [0.15, 0.2) is 11.2 Å². The summed E-state index contributed by atoms with van der Waals surface area (Å²) in [7, 11) is 1.62. The molecule has 3 rings (SSSR count). The summed E-state index contributed by atoms with van der Waals surface area (Å²) in [6.07, 6.45) is -0.624. The molecule has 1 heterocycles. The van der Waals surface area contributed by atoms with E-state index in [0.29, 0.717) is 16.8 Å². The quantitative estimate of drug-likeness (QED) is 0.675. The third kappa shape index (κ3) is 4.14. The highest BCUT2D eigenvalue weighted by Gasteiger charge is 2.17. The summed E-state index contributed by atoms with van der Waals surface area (Å²) in [6.45, 7) is 6.00. The fourth-order valence-electron chi connectivity index (χ4n) is 2.48. The lowest BCUT2D eigenvalue weighted by molar-refractivity contribution is -0.122. The molecule has 0 saturated heterocycles. The molecule has 3 aromatic rings. The molecular weight excluding hydrogens is 348 g/mol. The maximum Gasteiger partial charge on any atom is 0.266 e. The van der Waals surface area contributed by atoms with Gasteiger partial charge in [-0.3, -0.25) is 10.1 Å². The first-order chi connectivity index (χ1) is 12.5. The van der Waals surface area contributed by atoms with Crippen molar-refractivity contribution in [1.29, 1.82) is 0 Å². The van der Waals surface area contributed by atoms with Crippen molar-refractivity contribution in [1.82, 2.24) is 4.98 Å². The second-order valence-electron chi connectivity index (χ2n) is 6.33. The smallest absolute Gasteiger partial charge is 0.266 e. The Balaban J connectivity index is 1.65. The molecule has 6 heteroatoms. The molecule has 0 radical (unpaired) electrons. The molecule has 5 nitrogen and oxygen atoms in total. The first-order valence-corrected chi connectivity index (χ1v) is 9.30. The van der Waals surface area contributed by atoms with Gasteiger partial charge < -0.3 is 9.47 Å². The van der Waals surface area contributed by atoms with E-state index in [-0.39, 0.29) is 5.91 Å². The molecule has 0 fully saturated rings. The number of carbonyl (C=O) groups excluding carboxylic acids is 1. The summed E-state index contributed by atoms with van der Waals surface area (Å²) in [5, 5.41) is 3.37. The number of ether oxygens (including phenoxy) is 2. The number of benzene rings is 2. The number of hydrogen-bond donors (Lipinski definition) is 1. The molecule has 1 aromatic heterocycles. The van der Waals surface area contributed by atoms with Crippen LogP contribution < -0.4 is 14.8 Å². The van der Waals surface area contributed by atoms with Gasteiger partial charge in [-0.05, 0) is 48.7 Å². The van der Waals surface area contributed by atoms with Crippen LogP contribution in [0.5, 0.6) is 11.5 Å². The predicted molar refractivity (Wildman–Crippen MR) is 105 cm³/mol. The summed E-state index contributed by atoms with van der Waals surface area (Å²) in [4.78, 5) is 16.8. The first kappa shape index (κ1) is 18.2. The molecule has 0 aliphatic carbocycles. The number of nitrogens with zero attached hydrogens (tertiary/aromatic N) is 1. The van der Waals surface area contributed by atoms with Crippen LogP contribution in [-0.2, 0) is 4.79 Å². The van der Waals surface area contributed by atoms with Crippen molar-refractivity contribution >= 4 is 32.6 Å². The van der Waals surface area contributed by atoms with Gasteiger partial charge in [0.25, 0.3) is 5.91 Å². The molecule has 1 unspecified atom stereocenters. The monoisotopic (exact) mass is 370 g/mol. The van der Waals surface area contributed by atoms with Gasteiger partial charge in [-0.1, -0.05) is 37.3 Å². The summed E-state index contributed by atoms with van der Waals surface area (Å²) >= 11 is 1.41. The van der Waals surface area contributed by atoms with E-state index in [2.05, 4.69) is 24.1 Å². The van der Waals surface area contributed by atoms with Crippen molar-refractivity contribution in [3.8, 4) is 11.5 Å². The van der Waals surface area contributed by atoms with Crippen molar-refractivity contribution in [2.24, 2.45) is 0 Å². The van der Waals surface area contributed by atoms with Gasteiger partial charge in [0.1, 0.15) is 11.5 Å². The van der Waals surface area contributed by atoms with Crippen molar-refractivity contribution in [3.05, 3.63) is 48.0 Å². The average molecular weight is 370 g/mol. The lowest BCUT2D eigenvalue weighted by Gasteiger charge is -2.14. The molecule has 0 spiro atoms. The second kappa shape index (κ2) is 7.74. The first-order valence-electron chi connectivity index (χ1n) is 8.48. The van der Waals surface area contributed by atoms with E-state index in [1.165, 1.54) is 16.9 Å². The summed E-state index contributed by atoms with van der Waals surface area (Å²) in [5.74, 6) is 1.66. The fourth-order valence-corrected chi connectivity index (χ4v) is 3.38. The highest BCUT2D eigenvalue weighted by atomic mass is 32.1. The minimum absolute atomic E-state index is 0.232. The number of nitrogens with one attached hydrogen (secondary N) is 1. The molecule has 2 aromatic carbocycles. The molecule has 1 atom stereocenters. The largest absolute Gasteiger partial charge is 0.497 e. The molecule has 0 aliphatic rings. The number of amides is 1. The minimum Gasteiger partial charge on any atom is -0.497 e. The molecule has 0 bridgehead atoms. The number of aromatic nitrogens is 1. The Labute approximate surface area is 157 Å². The number of carbonyl (C=O) groups is 1. The number of hydrogen-bond acceptors (Lipinski definition) is 5. The zero-order valence-corrected chi connectivity index (χ0v) is 16.1. The van der Waals surface area contributed by atoms with Crippen molar-refractivity contribution in [2.75, 3.05) is 12.4 Å². The zero-order valence-electron chi connectivity index (χ0n) is 15.3. The Morgan fingerprint density at radius 1 is 1.08 bits per heavy atom. The third-order valence-corrected chi connectivity index (χ3v) is 4.99. The van der Waals surface area contributed by atoms with E-state index >= 15 is 0 Å². The number of rotatable bonds is 6. The molecule has 1 N–H and O–H groups in total. The molecule has 0 aliphatic heterocycles. The Morgan fingerprint density at radius 3 is 2.42 bits per heavy atom. The van der Waals surface area contributed by atoms with Gasteiger partial charge >= 0.3 is 0 Å². The Hall–Kier alpha value is -2.60. The molecule has 1 amide bonds. The fraction of sp³-hybridized carbons (Fsp3) is 0.300. The van der Waals surface area contributed by atoms with E-state index in [1.54, 1.807) is 14.0 Å². The van der Waals surface area contributed by atoms with Gasteiger partial charge in [-0.15, -0.1) is 0 Å². The SMILES string of the molecule is COc1ccc2nc(NC(=O)C(C)Oc3ccc(C(C)C)cc3)sc2c1. The van der Waals surface area contributed by atoms with Crippen LogP contribution in [0.25, 0.3) is 10.2 Å². The number of anilines is 1.